The Balaban J connectivity index is 2.16. The number of furan rings is 1. The van der Waals surface area contributed by atoms with Crippen molar-refractivity contribution in [2.75, 3.05) is 18.3 Å². The maximum atomic E-state index is 11.9. The van der Waals surface area contributed by atoms with Crippen molar-refractivity contribution in [2.24, 2.45) is 0 Å². The van der Waals surface area contributed by atoms with Gasteiger partial charge in [0.1, 0.15) is 5.56 Å². The lowest BCUT2D eigenvalue weighted by Gasteiger charge is -2.11. The molecule has 9 heteroatoms. The van der Waals surface area contributed by atoms with Crippen LogP contribution >= 0.6 is 11.8 Å². The summed E-state index contributed by atoms with van der Waals surface area (Å²) in [4.78, 5) is 31.8. The fourth-order valence-corrected chi connectivity index (χ4v) is 1.84. The molecule has 0 saturated heterocycles. The molecular weight excluding hydrogens is 308 g/mol. The third-order valence-corrected chi connectivity index (χ3v) is 3.05. The molecule has 22 heavy (non-hydrogen) atoms. The predicted octanol–water partition coefficient (Wildman–Crippen LogP) is 1.73. The number of esters is 1. The number of nitrogens with one attached hydrogen (secondary N) is 2. The Bertz CT molecular complexity index is 660. The van der Waals surface area contributed by atoms with Gasteiger partial charge in [-0.15, -0.1) is 0 Å². The van der Waals surface area contributed by atoms with E-state index in [-0.39, 0.29) is 23.7 Å². The predicted molar refractivity (Wildman–Crippen MR) is 79.6 cm³/mol. The van der Waals surface area contributed by atoms with Crippen LogP contribution in [0.4, 0.5) is 5.82 Å². The molecule has 1 amide bonds. The molecule has 0 radical (unpaired) electrons. The molecule has 0 saturated carbocycles. The van der Waals surface area contributed by atoms with E-state index in [9.17, 15) is 9.59 Å². The quantitative estimate of drug-likeness (QED) is 0.358. The van der Waals surface area contributed by atoms with Crippen LogP contribution in [0.2, 0.25) is 0 Å². The molecular formula is C13H14N4O4S. The zero-order chi connectivity index (χ0) is 15.9. The van der Waals surface area contributed by atoms with Gasteiger partial charge in [-0.25, -0.2) is 14.8 Å². The number of anilines is 1. The van der Waals surface area contributed by atoms with Gasteiger partial charge in [-0.05, 0) is 25.3 Å². The van der Waals surface area contributed by atoms with Crippen LogP contribution in [0, 0.1) is 0 Å². The molecule has 0 fully saturated rings. The first kappa shape index (κ1) is 15.8. The number of carbonyl (C=O) groups is 2. The number of rotatable bonds is 6. The highest BCUT2D eigenvalue weighted by atomic mass is 32.2. The standard InChI is InChI=1S/C13H14N4O4S/c1-3-20-12(19)8-7-14-13(22-2)15-10(8)16-17-11(18)9-5-4-6-21-9/h4-7H,3H2,1-2H3,(H,17,18)(H,14,15,16). The second-order valence-electron chi connectivity index (χ2n) is 3.90. The van der Waals surface area contributed by atoms with Crippen molar-refractivity contribution >= 4 is 29.5 Å². The Hall–Kier alpha value is -2.55. The van der Waals surface area contributed by atoms with E-state index < -0.39 is 11.9 Å². The first-order valence-corrected chi connectivity index (χ1v) is 7.56. The summed E-state index contributed by atoms with van der Waals surface area (Å²) in [6.45, 7) is 1.92. The lowest BCUT2D eigenvalue weighted by atomic mass is 10.3. The van der Waals surface area contributed by atoms with Crippen LogP contribution in [-0.4, -0.2) is 34.7 Å². The first-order chi connectivity index (χ1) is 10.7. The number of thioether (sulfide) groups is 1. The Kier molecular flexibility index (Phi) is 5.37. The number of amides is 1. The summed E-state index contributed by atoms with van der Waals surface area (Å²) in [6.07, 6.45) is 4.53. The number of hydrogen-bond donors (Lipinski definition) is 2. The van der Waals surface area contributed by atoms with Gasteiger partial charge in [0.15, 0.2) is 16.7 Å². The summed E-state index contributed by atoms with van der Waals surface area (Å²) < 4.78 is 9.89. The average Bonchev–Trinajstić information content (AvgIpc) is 3.07. The molecule has 2 heterocycles. The van der Waals surface area contributed by atoms with Crippen LogP contribution in [-0.2, 0) is 4.74 Å². The van der Waals surface area contributed by atoms with Crippen LogP contribution in [0.3, 0.4) is 0 Å². The number of carbonyl (C=O) groups excluding carboxylic acids is 2. The van der Waals surface area contributed by atoms with Crippen LogP contribution in [0.15, 0.2) is 34.2 Å². The smallest absolute Gasteiger partial charge is 0.343 e. The molecule has 8 nitrogen and oxygen atoms in total. The molecule has 0 unspecified atom stereocenters. The van der Waals surface area contributed by atoms with E-state index in [1.165, 1.54) is 30.3 Å². The molecule has 0 spiro atoms. The van der Waals surface area contributed by atoms with Crippen molar-refractivity contribution in [1.29, 1.82) is 0 Å². The largest absolute Gasteiger partial charge is 0.462 e. The topological polar surface area (TPSA) is 106 Å². The van der Waals surface area contributed by atoms with Gasteiger partial charge in [0.05, 0.1) is 12.9 Å². The van der Waals surface area contributed by atoms with E-state index in [2.05, 4.69) is 20.8 Å². The first-order valence-electron chi connectivity index (χ1n) is 6.33. The molecule has 2 aromatic rings. The molecule has 2 N–H and O–H groups in total. The van der Waals surface area contributed by atoms with Gasteiger partial charge in [0, 0.05) is 6.20 Å². The summed E-state index contributed by atoms with van der Waals surface area (Å²) in [5.74, 6) is -0.795. The minimum absolute atomic E-state index is 0.124. The van der Waals surface area contributed by atoms with Gasteiger partial charge in [-0.1, -0.05) is 11.8 Å². The minimum atomic E-state index is -0.579. The molecule has 0 bridgehead atoms. The fraction of sp³-hybridized carbons (Fsp3) is 0.231. The van der Waals surface area contributed by atoms with E-state index in [0.29, 0.717) is 5.16 Å². The zero-order valence-electron chi connectivity index (χ0n) is 12.0. The van der Waals surface area contributed by atoms with Gasteiger partial charge in [0.25, 0.3) is 0 Å². The normalized spacial score (nSPS) is 10.1. The third-order valence-electron chi connectivity index (χ3n) is 2.48. The number of aromatic nitrogens is 2. The molecule has 0 aliphatic rings. The highest BCUT2D eigenvalue weighted by molar-refractivity contribution is 7.98. The van der Waals surface area contributed by atoms with Crippen molar-refractivity contribution in [1.82, 2.24) is 15.4 Å². The summed E-state index contributed by atoms with van der Waals surface area (Å²) >= 11 is 1.30. The molecule has 0 aliphatic carbocycles. The van der Waals surface area contributed by atoms with Gasteiger partial charge >= 0.3 is 11.9 Å². The van der Waals surface area contributed by atoms with E-state index in [0.717, 1.165) is 0 Å². The molecule has 116 valence electrons. The summed E-state index contributed by atoms with van der Waals surface area (Å²) in [7, 11) is 0. The molecule has 0 aromatic carbocycles. The Labute approximate surface area is 130 Å². The van der Waals surface area contributed by atoms with Crippen LogP contribution < -0.4 is 10.9 Å². The van der Waals surface area contributed by atoms with E-state index in [1.54, 1.807) is 19.2 Å². The lowest BCUT2D eigenvalue weighted by Crippen LogP contribution is -2.30. The van der Waals surface area contributed by atoms with Crippen molar-refractivity contribution in [2.45, 2.75) is 12.1 Å². The highest BCUT2D eigenvalue weighted by Gasteiger charge is 2.17. The average molecular weight is 322 g/mol. The van der Waals surface area contributed by atoms with Gasteiger partial charge < -0.3 is 9.15 Å². The second kappa shape index (κ2) is 7.46. The fourth-order valence-electron chi connectivity index (χ4n) is 1.50. The minimum Gasteiger partial charge on any atom is -0.462 e. The summed E-state index contributed by atoms with van der Waals surface area (Å²) in [5.41, 5.74) is 5.12. The van der Waals surface area contributed by atoms with E-state index >= 15 is 0 Å². The van der Waals surface area contributed by atoms with Crippen molar-refractivity contribution in [3.8, 4) is 0 Å². The van der Waals surface area contributed by atoms with Crippen molar-refractivity contribution in [3.05, 3.63) is 35.9 Å². The van der Waals surface area contributed by atoms with Crippen LogP contribution in [0.5, 0.6) is 0 Å². The number of hydrogen-bond acceptors (Lipinski definition) is 8. The number of ether oxygens (including phenoxy) is 1. The highest BCUT2D eigenvalue weighted by Crippen LogP contribution is 2.17. The molecule has 2 aromatic heterocycles. The van der Waals surface area contributed by atoms with Crippen molar-refractivity contribution < 1.29 is 18.7 Å². The second-order valence-corrected chi connectivity index (χ2v) is 4.67. The summed E-state index contributed by atoms with van der Waals surface area (Å²) in [5, 5.41) is 0.447. The van der Waals surface area contributed by atoms with Crippen LogP contribution in [0.25, 0.3) is 0 Å². The molecule has 0 aliphatic heterocycles. The number of nitrogens with zero attached hydrogens (tertiary/aromatic N) is 2. The van der Waals surface area contributed by atoms with E-state index in [4.69, 9.17) is 9.15 Å². The van der Waals surface area contributed by atoms with Gasteiger partial charge in [-0.2, -0.15) is 0 Å². The Morgan fingerprint density at radius 1 is 1.45 bits per heavy atom. The van der Waals surface area contributed by atoms with Crippen LogP contribution in [0.1, 0.15) is 27.8 Å². The van der Waals surface area contributed by atoms with Crippen molar-refractivity contribution in [3.63, 3.8) is 0 Å². The number of hydrazine groups is 1. The monoisotopic (exact) mass is 322 g/mol. The van der Waals surface area contributed by atoms with Gasteiger partial charge in [-0.3, -0.25) is 15.6 Å². The SMILES string of the molecule is CCOC(=O)c1cnc(SC)nc1NNC(=O)c1ccco1. The van der Waals surface area contributed by atoms with E-state index in [1.807, 2.05) is 0 Å². The molecule has 0 atom stereocenters. The Morgan fingerprint density at radius 2 is 2.27 bits per heavy atom. The van der Waals surface area contributed by atoms with Gasteiger partial charge in [0.2, 0.25) is 0 Å². The lowest BCUT2D eigenvalue weighted by molar-refractivity contribution is 0.0526. The maximum absolute atomic E-state index is 11.9. The third kappa shape index (κ3) is 3.76. The molecule has 2 rings (SSSR count). The zero-order valence-corrected chi connectivity index (χ0v) is 12.8. The maximum Gasteiger partial charge on any atom is 0.343 e. The summed E-state index contributed by atoms with van der Waals surface area (Å²) in [6, 6.07) is 3.10. The Morgan fingerprint density at radius 3 is 2.91 bits per heavy atom.